The van der Waals surface area contributed by atoms with Crippen LogP contribution >= 0.6 is 0 Å². The molecule has 2 amide bonds. The second-order valence-corrected chi connectivity index (χ2v) is 7.96. The number of hydrogen-bond donors (Lipinski definition) is 1. The van der Waals surface area contributed by atoms with Crippen LogP contribution in [0.3, 0.4) is 0 Å². The van der Waals surface area contributed by atoms with E-state index >= 15 is 0 Å². The molecule has 3 rings (SSSR count). The molecular weight excluding hydrogens is 387 g/mol. The highest BCUT2D eigenvalue weighted by molar-refractivity contribution is 7.89. The summed E-state index contributed by atoms with van der Waals surface area (Å²) in [6, 6.07) is 9.85. The van der Waals surface area contributed by atoms with E-state index in [1.54, 1.807) is 6.07 Å². The number of hydrogen-bond acceptors (Lipinski definition) is 5. The Balaban J connectivity index is 1.94. The van der Waals surface area contributed by atoms with E-state index in [4.69, 9.17) is 4.74 Å². The number of ether oxygens (including phenoxy) is 1. The van der Waals surface area contributed by atoms with Crippen LogP contribution in [0.15, 0.2) is 47.4 Å². The van der Waals surface area contributed by atoms with E-state index in [2.05, 4.69) is 4.72 Å². The lowest BCUT2D eigenvalue weighted by molar-refractivity contribution is -0.129. The van der Waals surface area contributed by atoms with Crippen molar-refractivity contribution in [2.24, 2.45) is 0 Å². The van der Waals surface area contributed by atoms with Gasteiger partial charge in [-0.1, -0.05) is 18.2 Å². The van der Waals surface area contributed by atoms with Gasteiger partial charge in [-0.25, -0.2) is 17.5 Å². The van der Waals surface area contributed by atoms with Crippen LogP contribution in [-0.4, -0.2) is 27.3 Å². The number of nitrogens with zero attached hydrogens (tertiary/aromatic N) is 1. The van der Waals surface area contributed by atoms with Crippen LogP contribution in [0.5, 0.6) is 5.75 Å². The maximum absolute atomic E-state index is 13.8. The Labute approximate surface area is 162 Å². The van der Waals surface area contributed by atoms with Gasteiger partial charge in [0.1, 0.15) is 16.5 Å². The summed E-state index contributed by atoms with van der Waals surface area (Å²) in [7, 11) is -2.80. The Morgan fingerprint density at radius 2 is 1.79 bits per heavy atom. The summed E-state index contributed by atoms with van der Waals surface area (Å²) in [5.41, 5.74) is 0.337. The minimum absolute atomic E-state index is 0.0432. The second-order valence-electron chi connectivity index (χ2n) is 6.23. The molecule has 0 atom stereocenters. The number of piperidine rings is 1. The third-order valence-corrected chi connectivity index (χ3v) is 5.81. The number of sulfonamides is 1. The second kappa shape index (κ2) is 8.07. The lowest BCUT2D eigenvalue weighted by Crippen LogP contribution is -2.40. The Bertz CT molecular complexity index is 1010. The van der Waals surface area contributed by atoms with E-state index < -0.39 is 15.8 Å². The van der Waals surface area contributed by atoms with E-state index in [0.717, 1.165) is 4.90 Å². The van der Waals surface area contributed by atoms with Crippen molar-refractivity contribution in [3.8, 4) is 5.75 Å². The highest BCUT2D eigenvalue weighted by Gasteiger charge is 2.29. The quantitative estimate of drug-likeness (QED) is 0.744. The minimum Gasteiger partial charge on any atom is -0.495 e. The van der Waals surface area contributed by atoms with Crippen molar-refractivity contribution in [3.63, 3.8) is 0 Å². The molecule has 1 aliphatic heterocycles. The van der Waals surface area contributed by atoms with E-state index in [1.807, 2.05) is 0 Å². The molecule has 0 aromatic heterocycles. The summed E-state index contributed by atoms with van der Waals surface area (Å²) in [4.78, 5) is 25.0. The lowest BCUT2D eigenvalue weighted by atomic mass is 10.1. The van der Waals surface area contributed by atoms with Crippen LogP contribution in [0.1, 0.15) is 24.8 Å². The van der Waals surface area contributed by atoms with Crippen LogP contribution in [0.25, 0.3) is 0 Å². The standard InChI is InChI=1S/C19H19FN2O5S/c1-27-16-10-9-14(22-18(23)7-4-8-19(22)24)11-17(16)28(25,26)21-12-13-5-2-3-6-15(13)20/h2-3,5-6,9-11,21H,4,7-8,12H2,1H3. The van der Waals surface area contributed by atoms with E-state index in [-0.39, 0.29) is 53.1 Å². The zero-order valence-corrected chi connectivity index (χ0v) is 16.0. The highest BCUT2D eigenvalue weighted by atomic mass is 32.2. The largest absolute Gasteiger partial charge is 0.495 e. The summed E-state index contributed by atoms with van der Waals surface area (Å²) < 4.78 is 46.8. The third-order valence-electron chi connectivity index (χ3n) is 4.39. The zero-order valence-electron chi connectivity index (χ0n) is 15.1. The fourth-order valence-electron chi connectivity index (χ4n) is 2.95. The fourth-order valence-corrected chi connectivity index (χ4v) is 4.14. The third kappa shape index (κ3) is 4.05. The summed E-state index contributed by atoms with van der Waals surface area (Å²) >= 11 is 0. The van der Waals surface area contributed by atoms with Crippen molar-refractivity contribution in [3.05, 3.63) is 53.8 Å². The molecular formula is C19H19FN2O5S. The van der Waals surface area contributed by atoms with Crippen LogP contribution in [-0.2, 0) is 26.2 Å². The van der Waals surface area contributed by atoms with Gasteiger partial charge in [-0.3, -0.25) is 14.5 Å². The predicted molar refractivity (Wildman–Crippen MR) is 99.8 cm³/mol. The number of rotatable bonds is 6. The SMILES string of the molecule is COc1ccc(N2C(=O)CCCC2=O)cc1S(=O)(=O)NCc1ccccc1F. The molecule has 1 fully saturated rings. The predicted octanol–water partition coefficient (Wildman–Crippen LogP) is 2.36. The number of nitrogens with one attached hydrogen (secondary N) is 1. The minimum atomic E-state index is -4.11. The van der Waals surface area contributed by atoms with Crippen molar-refractivity contribution >= 4 is 27.5 Å². The van der Waals surface area contributed by atoms with Gasteiger partial charge in [0.2, 0.25) is 21.8 Å². The molecule has 0 spiro atoms. The van der Waals surface area contributed by atoms with Crippen LogP contribution in [0, 0.1) is 5.82 Å². The van der Waals surface area contributed by atoms with Gasteiger partial charge >= 0.3 is 0 Å². The topological polar surface area (TPSA) is 92.8 Å². The van der Waals surface area contributed by atoms with Crippen LogP contribution in [0.4, 0.5) is 10.1 Å². The molecule has 2 aromatic rings. The Hall–Kier alpha value is -2.78. The van der Waals surface area contributed by atoms with Crippen molar-refractivity contribution < 1.29 is 27.1 Å². The van der Waals surface area contributed by atoms with Gasteiger partial charge in [0.25, 0.3) is 0 Å². The molecule has 9 heteroatoms. The van der Waals surface area contributed by atoms with Gasteiger partial charge in [0, 0.05) is 24.9 Å². The van der Waals surface area contributed by atoms with Gasteiger partial charge in [-0.15, -0.1) is 0 Å². The van der Waals surface area contributed by atoms with Gasteiger partial charge < -0.3 is 4.74 Å². The Morgan fingerprint density at radius 1 is 1.11 bits per heavy atom. The number of amides is 2. The molecule has 7 nitrogen and oxygen atoms in total. The molecule has 1 N–H and O–H groups in total. The molecule has 1 heterocycles. The Kier molecular flexibility index (Phi) is 5.76. The molecule has 2 aromatic carbocycles. The number of carbonyl (C=O) groups excluding carboxylic acids is 2. The van der Waals surface area contributed by atoms with Crippen molar-refractivity contribution in [2.75, 3.05) is 12.0 Å². The molecule has 1 aliphatic rings. The Morgan fingerprint density at radius 3 is 2.43 bits per heavy atom. The number of anilines is 1. The van der Waals surface area contributed by atoms with Crippen molar-refractivity contribution in [1.82, 2.24) is 4.72 Å². The smallest absolute Gasteiger partial charge is 0.244 e. The summed E-state index contributed by atoms with van der Waals surface area (Å²) in [5.74, 6) is -1.26. The van der Waals surface area contributed by atoms with Crippen molar-refractivity contribution in [2.45, 2.75) is 30.7 Å². The van der Waals surface area contributed by atoms with E-state index in [9.17, 15) is 22.4 Å². The average molecular weight is 406 g/mol. The summed E-state index contributed by atoms with van der Waals surface area (Å²) in [6.45, 7) is -0.260. The molecule has 1 saturated heterocycles. The molecule has 0 aliphatic carbocycles. The lowest BCUT2D eigenvalue weighted by Gasteiger charge is -2.25. The van der Waals surface area contributed by atoms with Gasteiger partial charge in [0.15, 0.2) is 0 Å². The summed E-state index contributed by atoms with van der Waals surface area (Å²) in [5, 5.41) is 0. The van der Waals surface area contributed by atoms with Gasteiger partial charge in [0.05, 0.1) is 12.8 Å². The fraction of sp³-hybridized carbons (Fsp3) is 0.263. The van der Waals surface area contributed by atoms with Crippen LogP contribution < -0.4 is 14.4 Å². The number of halogens is 1. The molecule has 0 unspecified atom stereocenters. The maximum Gasteiger partial charge on any atom is 0.244 e. The number of carbonyl (C=O) groups is 2. The van der Waals surface area contributed by atoms with Crippen molar-refractivity contribution in [1.29, 1.82) is 0 Å². The van der Waals surface area contributed by atoms with E-state index in [0.29, 0.717) is 6.42 Å². The first-order chi connectivity index (χ1) is 13.3. The summed E-state index contributed by atoms with van der Waals surface area (Å²) in [6.07, 6.45) is 0.899. The molecule has 0 radical (unpaired) electrons. The number of imide groups is 1. The van der Waals surface area contributed by atoms with Gasteiger partial charge in [-0.2, -0.15) is 0 Å². The first-order valence-electron chi connectivity index (χ1n) is 8.60. The highest BCUT2D eigenvalue weighted by Crippen LogP contribution is 2.31. The first-order valence-corrected chi connectivity index (χ1v) is 10.1. The van der Waals surface area contributed by atoms with Gasteiger partial charge in [-0.05, 0) is 30.7 Å². The van der Waals surface area contributed by atoms with E-state index in [1.165, 1.54) is 43.5 Å². The maximum atomic E-state index is 13.8. The first kappa shape index (κ1) is 20.0. The molecule has 148 valence electrons. The monoisotopic (exact) mass is 406 g/mol. The number of benzene rings is 2. The molecule has 0 saturated carbocycles. The van der Waals surface area contributed by atoms with Crippen LogP contribution in [0.2, 0.25) is 0 Å². The molecule has 0 bridgehead atoms. The average Bonchev–Trinajstić information content (AvgIpc) is 2.67. The normalized spacial score (nSPS) is 15.0. The number of methoxy groups -OCH3 is 1. The zero-order chi connectivity index (χ0) is 20.3. The molecule has 28 heavy (non-hydrogen) atoms.